The summed E-state index contributed by atoms with van der Waals surface area (Å²) < 4.78 is 5.21. The summed E-state index contributed by atoms with van der Waals surface area (Å²) in [6, 6.07) is 0.815. The first-order valence-electron chi connectivity index (χ1n) is 4.07. The van der Waals surface area contributed by atoms with Gasteiger partial charge in [0.2, 0.25) is 0 Å². The lowest BCUT2D eigenvalue weighted by Crippen LogP contribution is -2.32. The Kier molecular flexibility index (Phi) is 2.79. The molecule has 0 aromatic rings. The first-order valence-corrected chi connectivity index (χ1v) is 4.07. The van der Waals surface area contributed by atoms with Gasteiger partial charge < -0.3 is 10.1 Å². The molecule has 2 bridgehead atoms. The Morgan fingerprint density at radius 3 is 2.82 bits per heavy atom. The maximum atomic E-state index is 5.21. The second-order valence-corrected chi connectivity index (χ2v) is 3.75. The Morgan fingerprint density at radius 1 is 1.64 bits per heavy atom. The van der Waals surface area contributed by atoms with Crippen LogP contribution < -0.4 is 5.32 Å². The lowest BCUT2D eigenvalue weighted by Gasteiger charge is -2.24. The highest BCUT2D eigenvalue weighted by atomic mass is 35.5. The van der Waals surface area contributed by atoms with E-state index in [-0.39, 0.29) is 12.4 Å². The summed E-state index contributed by atoms with van der Waals surface area (Å²) in [6.45, 7) is 2.14. The van der Waals surface area contributed by atoms with Crippen molar-refractivity contribution < 1.29 is 4.74 Å². The van der Waals surface area contributed by atoms with Gasteiger partial charge in [0.1, 0.15) is 0 Å². The van der Waals surface area contributed by atoms with Crippen LogP contribution in [0.5, 0.6) is 0 Å². The predicted molar refractivity (Wildman–Crippen MR) is 47.2 cm³/mol. The molecule has 0 aromatic heterocycles. The van der Waals surface area contributed by atoms with E-state index in [1.165, 1.54) is 25.8 Å². The first kappa shape index (κ1) is 9.30. The third-order valence-electron chi connectivity index (χ3n) is 2.92. The van der Waals surface area contributed by atoms with Gasteiger partial charge in [-0.05, 0) is 19.3 Å². The molecule has 1 N–H and O–H groups in total. The van der Waals surface area contributed by atoms with E-state index >= 15 is 0 Å². The van der Waals surface area contributed by atoms with Crippen molar-refractivity contribution in [3.63, 3.8) is 0 Å². The maximum absolute atomic E-state index is 5.21. The number of halogens is 1. The highest BCUT2D eigenvalue weighted by Gasteiger charge is 2.44. The molecule has 2 atom stereocenters. The number of nitrogens with one attached hydrogen (secondary N) is 1. The van der Waals surface area contributed by atoms with E-state index < -0.39 is 0 Å². The highest BCUT2D eigenvalue weighted by molar-refractivity contribution is 5.85. The molecule has 2 nitrogen and oxygen atoms in total. The molecule has 0 radical (unpaired) electrons. The molecule has 0 amide bonds. The van der Waals surface area contributed by atoms with Crippen molar-refractivity contribution in [3.8, 4) is 0 Å². The largest absolute Gasteiger partial charge is 0.384 e. The van der Waals surface area contributed by atoms with Gasteiger partial charge in [0.05, 0.1) is 6.61 Å². The van der Waals surface area contributed by atoms with Crippen molar-refractivity contribution in [2.45, 2.75) is 25.3 Å². The number of hydrogen-bond donors (Lipinski definition) is 1. The van der Waals surface area contributed by atoms with Crippen LogP contribution in [0, 0.1) is 5.41 Å². The second-order valence-electron chi connectivity index (χ2n) is 3.75. The predicted octanol–water partition coefficient (Wildman–Crippen LogP) is 1.20. The van der Waals surface area contributed by atoms with Gasteiger partial charge in [-0.1, -0.05) is 0 Å². The molecule has 0 spiro atoms. The Labute approximate surface area is 74.1 Å². The molecule has 2 unspecified atom stereocenters. The summed E-state index contributed by atoms with van der Waals surface area (Å²) in [5.41, 5.74) is 0.527. The van der Waals surface area contributed by atoms with Crippen molar-refractivity contribution in [2.75, 3.05) is 20.3 Å². The van der Waals surface area contributed by atoms with E-state index in [1.54, 1.807) is 7.11 Å². The number of piperidine rings is 1. The Hall–Kier alpha value is 0.210. The van der Waals surface area contributed by atoms with Crippen LogP contribution in [0.25, 0.3) is 0 Å². The highest BCUT2D eigenvalue weighted by Crippen LogP contribution is 2.42. The van der Waals surface area contributed by atoms with E-state index in [1.807, 2.05) is 0 Å². The minimum absolute atomic E-state index is 0. The van der Waals surface area contributed by atoms with E-state index in [0.29, 0.717) is 5.41 Å². The van der Waals surface area contributed by atoms with E-state index in [9.17, 15) is 0 Å². The van der Waals surface area contributed by atoms with Gasteiger partial charge in [-0.2, -0.15) is 0 Å². The molecule has 1 saturated carbocycles. The first-order chi connectivity index (χ1) is 4.85. The molecule has 2 fully saturated rings. The second kappa shape index (κ2) is 3.30. The van der Waals surface area contributed by atoms with E-state index in [2.05, 4.69) is 5.32 Å². The van der Waals surface area contributed by atoms with Crippen molar-refractivity contribution in [1.82, 2.24) is 5.32 Å². The number of rotatable bonds is 2. The van der Waals surface area contributed by atoms with Crippen molar-refractivity contribution in [1.29, 1.82) is 0 Å². The molecule has 11 heavy (non-hydrogen) atoms. The number of ether oxygens (including phenoxy) is 1. The van der Waals surface area contributed by atoms with Gasteiger partial charge in [0, 0.05) is 25.1 Å². The lowest BCUT2D eigenvalue weighted by molar-refractivity contribution is 0.0939. The van der Waals surface area contributed by atoms with Crippen LogP contribution in [-0.4, -0.2) is 26.3 Å². The molecule has 1 heterocycles. The third kappa shape index (κ3) is 1.53. The molecule has 66 valence electrons. The van der Waals surface area contributed by atoms with Gasteiger partial charge in [-0.25, -0.2) is 0 Å². The van der Waals surface area contributed by atoms with Gasteiger partial charge in [-0.3, -0.25) is 0 Å². The molecule has 2 rings (SSSR count). The topological polar surface area (TPSA) is 21.3 Å². The lowest BCUT2D eigenvalue weighted by atomic mass is 9.89. The van der Waals surface area contributed by atoms with Gasteiger partial charge in [0.15, 0.2) is 0 Å². The number of hydrogen-bond acceptors (Lipinski definition) is 2. The van der Waals surface area contributed by atoms with E-state index in [0.717, 1.165) is 12.6 Å². The van der Waals surface area contributed by atoms with E-state index in [4.69, 9.17) is 4.74 Å². The molecule has 1 aliphatic heterocycles. The summed E-state index contributed by atoms with van der Waals surface area (Å²) in [7, 11) is 1.81. The Balaban J connectivity index is 0.000000605. The Morgan fingerprint density at radius 2 is 2.45 bits per heavy atom. The van der Waals surface area contributed by atoms with Crippen molar-refractivity contribution in [3.05, 3.63) is 0 Å². The average molecular weight is 178 g/mol. The summed E-state index contributed by atoms with van der Waals surface area (Å²) in [5.74, 6) is 0. The third-order valence-corrected chi connectivity index (χ3v) is 2.92. The fourth-order valence-corrected chi connectivity index (χ4v) is 2.39. The normalized spacial score (nSPS) is 40.6. The zero-order valence-corrected chi connectivity index (χ0v) is 7.75. The summed E-state index contributed by atoms with van der Waals surface area (Å²) >= 11 is 0. The van der Waals surface area contributed by atoms with Crippen molar-refractivity contribution >= 4 is 12.4 Å². The molecule has 1 aliphatic carbocycles. The minimum Gasteiger partial charge on any atom is -0.384 e. The fourth-order valence-electron chi connectivity index (χ4n) is 2.39. The van der Waals surface area contributed by atoms with Crippen LogP contribution in [0.4, 0.5) is 0 Å². The van der Waals surface area contributed by atoms with Crippen LogP contribution in [0.15, 0.2) is 0 Å². The smallest absolute Gasteiger partial charge is 0.0531 e. The molecule has 2 aliphatic rings. The monoisotopic (exact) mass is 177 g/mol. The standard InChI is InChI=1S/C8H15NO.ClH/c1-10-6-8-3-2-7(4-8)9-5-8;/h7,9H,2-6H2,1H3;1H. The molecule has 0 aromatic carbocycles. The average Bonchev–Trinajstić information content (AvgIpc) is 2.46. The van der Waals surface area contributed by atoms with Gasteiger partial charge >= 0.3 is 0 Å². The number of methoxy groups -OCH3 is 1. The SMILES string of the molecule is COCC12CCC(C1)NC2.Cl. The molecular weight excluding hydrogens is 162 g/mol. The van der Waals surface area contributed by atoms with Gasteiger partial charge in [-0.15, -0.1) is 12.4 Å². The zero-order valence-electron chi connectivity index (χ0n) is 6.93. The maximum Gasteiger partial charge on any atom is 0.0531 e. The summed E-state index contributed by atoms with van der Waals surface area (Å²) in [4.78, 5) is 0. The summed E-state index contributed by atoms with van der Waals surface area (Å²) in [5, 5.41) is 3.50. The Bertz CT molecular complexity index is 132. The van der Waals surface area contributed by atoms with Crippen molar-refractivity contribution in [2.24, 2.45) is 5.41 Å². The van der Waals surface area contributed by atoms with Crippen LogP contribution in [-0.2, 0) is 4.74 Å². The van der Waals surface area contributed by atoms with Crippen LogP contribution in [0.3, 0.4) is 0 Å². The fraction of sp³-hybridized carbons (Fsp3) is 1.00. The summed E-state index contributed by atoms with van der Waals surface area (Å²) in [6.07, 6.45) is 4.09. The minimum atomic E-state index is 0. The van der Waals surface area contributed by atoms with Crippen LogP contribution in [0.2, 0.25) is 0 Å². The van der Waals surface area contributed by atoms with Gasteiger partial charge in [0.25, 0.3) is 0 Å². The van der Waals surface area contributed by atoms with Crippen LogP contribution >= 0.6 is 12.4 Å². The zero-order chi connectivity index (χ0) is 7.03. The molecule has 1 saturated heterocycles. The molecular formula is C8H16ClNO. The van der Waals surface area contributed by atoms with Crippen LogP contribution in [0.1, 0.15) is 19.3 Å². The quantitative estimate of drug-likeness (QED) is 0.685. The number of fused-ring (bicyclic) bond motifs is 2. The molecule has 3 heteroatoms.